The normalized spacial score (nSPS) is 11.1. The average molecular weight is 505 g/mol. The zero-order valence-electron chi connectivity index (χ0n) is 19.1. The van der Waals surface area contributed by atoms with E-state index in [0.29, 0.717) is 5.69 Å². The van der Waals surface area contributed by atoms with Crippen molar-refractivity contribution < 1.29 is 4.79 Å². The monoisotopic (exact) mass is 504 g/mol. The highest BCUT2D eigenvalue weighted by atomic mass is 32.2. The number of thiazole rings is 1. The second-order valence-corrected chi connectivity index (χ2v) is 10.4. The Hall–Kier alpha value is -4.07. The number of nitrogens with one attached hydrogen (secondary N) is 1. The molecule has 5 nitrogen and oxygen atoms in total. The number of thioether (sulfide) groups is 1. The summed E-state index contributed by atoms with van der Waals surface area (Å²) in [5.41, 5.74) is 6.80. The fourth-order valence-corrected chi connectivity index (χ4v) is 5.83. The summed E-state index contributed by atoms with van der Waals surface area (Å²) in [5.74, 6) is 0.196. The van der Waals surface area contributed by atoms with Crippen LogP contribution in [0.4, 0.5) is 5.69 Å². The molecule has 0 aliphatic carbocycles. The van der Waals surface area contributed by atoms with E-state index in [-0.39, 0.29) is 11.7 Å². The minimum Gasteiger partial charge on any atom is -0.325 e. The highest BCUT2D eigenvalue weighted by Gasteiger charge is 2.14. The van der Waals surface area contributed by atoms with Crippen LogP contribution in [0, 0.1) is 0 Å². The number of hydrogen-bond donors (Lipinski definition) is 1. The SMILES string of the molecule is O=C(CSc1nc2ccccc2s1)Nc1ccc2nc(-c3ccccc3)c(-c3ccccc3)nc2c1. The number of nitrogens with zero attached hydrogens (tertiary/aromatic N) is 3. The van der Waals surface area contributed by atoms with Crippen molar-refractivity contribution >= 4 is 55.9 Å². The molecule has 0 spiro atoms. The van der Waals surface area contributed by atoms with Crippen molar-refractivity contribution in [2.45, 2.75) is 4.34 Å². The molecule has 6 rings (SSSR count). The summed E-state index contributed by atoms with van der Waals surface area (Å²) < 4.78 is 2.01. The molecule has 0 saturated heterocycles. The first-order chi connectivity index (χ1) is 17.7. The zero-order chi connectivity index (χ0) is 24.3. The van der Waals surface area contributed by atoms with E-state index in [1.54, 1.807) is 11.3 Å². The molecular formula is C29H20N4OS2. The maximum atomic E-state index is 12.7. The van der Waals surface area contributed by atoms with Gasteiger partial charge in [-0.1, -0.05) is 84.6 Å². The van der Waals surface area contributed by atoms with Gasteiger partial charge in [0.1, 0.15) is 0 Å². The van der Waals surface area contributed by atoms with Crippen LogP contribution < -0.4 is 5.32 Å². The average Bonchev–Trinajstić information content (AvgIpc) is 3.35. The van der Waals surface area contributed by atoms with Gasteiger partial charge in [0, 0.05) is 16.8 Å². The lowest BCUT2D eigenvalue weighted by Crippen LogP contribution is -2.14. The Morgan fingerprint density at radius 1 is 0.694 bits per heavy atom. The Morgan fingerprint density at radius 3 is 2.03 bits per heavy atom. The number of fused-ring (bicyclic) bond motifs is 2. The first kappa shape index (κ1) is 22.4. The van der Waals surface area contributed by atoms with Crippen LogP contribution in [0.2, 0.25) is 0 Å². The fourth-order valence-electron chi connectivity index (χ4n) is 3.96. The second-order valence-electron chi connectivity index (χ2n) is 8.14. The van der Waals surface area contributed by atoms with Crippen molar-refractivity contribution in [1.29, 1.82) is 0 Å². The summed E-state index contributed by atoms with van der Waals surface area (Å²) in [6.07, 6.45) is 0. The van der Waals surface area contributed by atoms with Gasteiger partial charge in [-0.05, 0) is 30.3 Å². The predicted octanol–water partition coefficient (Wildman–Crippen LogP) is 7.30. The van der Waals surface area contributed by atoms with Crippen LogP contribution in [0.3, 0.4) is 0 Å². The van der Waals surface area contributed by atoms with Crippen LogP contribution in [0.25, 0.3) is 43.8 Å². The van der Waals surface area contributed by atoms with E-state index in [1.165, 1.54) is 11.8 Å². The van der Waals surface area contributed by atoms with Crippen molar-refractivity contribution in [1.82, 2.24) is 15.0 Å². The number of amides is 1. The van der Waals surface area contributed by atoms with Gasteiger partial charge in [0.2, 0.25) is 5.91 Å². The van der Waals surface area contributed by atoms with Crippen molar-refractivity contribution in [3.05, 3.63) is 103 Å². The van der Waals surface area contributed by atoms with Gasteiger partial charge in [-0.15, -0.1) is 11.3 Å². The van der Waals surface area contributed by atoms with Crippen LogP contribution >= 0.6 is 23.1 Å². The third kappa shape index (κ3) is 4.71. The Bertz CT molecular complexity index is 1650. The summed E-state index contributed by atoms with van der Waals surface area (Å²) in [6.45, 7) is 0. The summed E-state index contributed by atoms with van der Waals surface area (Å²) in [5, 5.41) is 2.99. The van der Waals surface area contributed by atoms with E-state index in [9.17, 15) is 4.79 Å². The van der Waals surface area contributed by atoms with E-state index < -0.39 is 0 Å². The number of para-hydroxylation sites is 1. The molecule has 7 heteroatoms. The van der Waals surface area contributed by atoms with Gasteiger partial charge >= 0.3 is 0 Å². The van der Waals surface area contributed by atoms with Crippen LogP contribution in [0.15, 0.2) is 107 Å². The largest absolute Gasteiger partial charge is 0.325 e. The first-order valence-corrected chi connectivity index (χ1v) is 13.2. The Labute approximate surface area is 216 Å². The summed E-state index contributed by atoms with van der Waals surface area (Å²) in [6, 6.07) is 33.8. The number of carbonyl (C=O) groups is 1. The molecule has 36 heavy (non-hydrogen) atoms. The molecule has 0 unspecified atom stereocenters. The fraction of sp³-hybridized carbons (Fsp3) is 0.0345. The smallest absolute Gasteiger partial charge is 0.234 e. The maximum Gasteiger partial charge on any atom is 0.234 e. The van der Waals surface area contributed by atoms with Gasteiger partial charge in [0.05, 0.1) is 38.4 Å². The molecular weight excluding hydrogens is 484 g/mol. The number of benzene rings is 4. The molecule has 0 atom stereocenters. The Kier molecular flexibility index (Phi) is 6.15. The van der Waals surface area contributed by atoms with E-state index in [2.05, 4.69) is 10.3 Å². The standard InChI is InChI=1S/C29H20N4OS2/c34-26(18-35-29-33-23-13-7-8-14-25(23)36-29)30-21-15-16-22-24(17-21)32-28(20-11-5-2-6-12-20)27(31-22)19-9-3-1-4-10-19/h1-17H,18H2,(H,30,34). The first-order valence-electron chi connectivity index (χ1n) is 11.4. The second kappa shape index (κ2) is 9.89. The number of carbonyl (C=O) groups excluding carboxylic acids is 1. The Morgan fingerprint density at radius 2 is 1.33 bits per heavy atom. The third-order valence-corrected chi connectivity index (χ3v) is 7.82. The minimum absolute atomic E-state index is 0.0873. The van der Waals surface area contributed by atoms with Crippen molar-refractivity contribution in [2.75, 3.05) is 11.1 Å². The number of hydrogen-bond acceptors (Lipinski definition) is 6. The summed E-state index contributed by atoms with van der Waals surface area (Å²) in [7, 11) is 0. The van der Waals surface area contributed by atoms with E-state index in [0.717, 1.165) is 48.1 Å². The molecule has 174 valence electrons. The van der Waals surface area contributed by atoms with Gasteiger partial charge in [0.15, 0.2) is 4.34 Å². The van der Waals surface area contributed by atoms with Crippen molar-refractivity contribution in [3.63, 3.8) is 0 Å². The van der Waals surface area contributed by atoms with Crippen LogP contribution in [-0.2, 0) is 4.79 Å². The molecule has 0 fully saturated rings. The molecule has 6 aromatic rings. The van der Waals surface area contributed by atoms with Crippen molar-refractivity contribution in [2.24, 2.45) is 0 Å². The molecule has 4 aromatic carbocycles. The topological polar surface area (TPSA) is 67.8 Å². The van der Waals surface area contributed by atoms with Gasteiger partial charge in [-0.2, -0.15) is 0 Å². The third-order valence-electron chi connectivity index (χ3n) is 5.64. The molecule has 1 N–H and O–H groups in total. The van der Waals surface area contributed by atoms with E-state index >= 15 is 0 Å². The lowest BCUT2D eigenvalue weighted by molar-refractivity contribution is -0.113. The zero-order valence-corrected chi connectivity index (χ0v) is 20.7. The molecule has 0 radical (unpaired) electrons. The van der Waals surface area contributed by atoms with Crippen molar-refractivity contribution in [3.8, 4) is 22.5 Å². The lowest BCUT2D eigenvalue weighted by atomic mass is 10.0. The number of rotatable bonds is 6. The molecule has 1 amide bonds. The van der Waals surface area contributed by atoms with Crippen LogP contribution in [-0.4, -0.2) is 26.6 Å². The highest BCUT2D eigenvalue weighted by molar-refractivity contribution is 8.01. The quantitative estimate of drug-likeness (QED) is 0.241. The minimum atomic E-state index is -0.0873. The molecule has 0 aliphatic heterocycles. The highest BCUT2D eigenvalue weighted by Crippen LogP contribution is 2.32. The lowest BCUT2D eigenvalue weighted by Gasteiger charge is -2.12. The molecule has 0 saturated carbocycles. The van der Waals surface area contributed by atoms with Gasteiger partial charge in [-0.3, -0.25) is 4.79 Å². The van der Waals surface area contributed by atoms with Gasteiger partial charge < -0.3 is 5.32 Å². The summed E-state index contributed by atoms with van der Waals surface area (Å²) in [4.78, 5) is 27.2. The predicted molar refractivity (Wildman–Crippen MR) is 149 cm³/mol. The molecule has 2 aromatic heterocycles. The van der Waals surface area contributed by atoms with E-state index in [4.69, 9.17) is 9.97 Å². The number of aromatic nitrogens is 3. The van der Waals surface area contributed by atoms with Gasteiger partial charge in [0.25, 0.3) is 0 Å². The maximum absolute atomic E-state index is 12.7. The number of anilines is 1. The van der Waals surface area contributed by atoms with Gasteiger partial charge in [-0.25, -0.2) is 15.0 Å². The Balaban J connectivity index is 1.27. The summed E-state index contributed by atoms with van der Waals surface area (Å²) >= 11 is 3.04. The van der Waals surface area contributed by atoms with Crippen LogP contribution in [0.5, 0.6) is 0 Å². The molecule has 0 aliphatic rings. The molecule has 2 heterocycles. The van der Waals surface area contributed by atoms with E-state index in [1.807, 2.05) is 103 Å². The molecule has 0 bridgehead atoms. The van der Waals surface area contributed by atoms with Crippen LogP contribution in [0.1, 0.15) is 0 Å².